The van der Waals surface area contributed by atoms with Crippen molar-refractivity contribution >= 4 is 28.7 Å². The molecule has 2 aromatic rings. The predicted octanol–water partition coefficient (Wildman–Crippen LogP) is 2.36. The van der Waals surface area contributed by atoms with Crippen LogP contribution in [0.5, 0.6) is 0 Å². The molecular weight excluding hydrogens is 278 g/mol. The third-order valence-corrected chi connectivity index (χ3v) is 3.67. The summed E-state index contributed by atoms with van der Waals surface area (Å²) < 4.78 is 0. The predicted molar refractivity (Wildman–Crippen MR) is 79.7 cm³/mol. The number of hydrogen-bond donors (Lipinski definition) is 2. The first kappa shape index (κ1) is 14.2. The van der Waals surface area contributed by atoms with Crippen LogP contribution in [0.1, 0.15) is 11.8 Å². The van der Waals surface area contributed by atoms with Crippen molar-refractivity contribution in [3.8, 4) is 0 Å². The molecule has 2 heterocycles. The molecule has 0 spiro atoms. The maximum Gasteiger partial charge on any atom is 0.311 e. The van der Waals surface area contributed by atoms with Gasteiger partial charge in [0.05, 0.1) is 11.5 Å². The molecule has 2 aromatic heterocycles. The van der Waals surface area contributed by atoms with Crippen molar-refractivity contribution in [2.75, 3.05) is 16.9 Å². The Morgan fingerprint density at radius 3 is 2.85 bits per heavy atom. The highest BCUT2D eigenvalue weighted by molar-refractivity contribution is 7.09. The number of rotatable bonds is 6. The molecule has 0 aliphatic carbocycles. The minimum Gasteiger partial charge on any atom is -0.346 e. The van der Waals surface area contributed by atoms with Crippen LogP contribution in [-0.2, 0) is 6.54 Å². The minimum absolute atomic E-state index is 0.0255. The van der Waals surface area contributed by atoms with Crippen LogP contribution in [0.4, 0.5) is 17.3 Å². The smallest absolute Gasteiger partial charge is 0.311 e. The zero-order valence-corrected chi connectivity index (χ0v) is 11.8. The number of anilines is 2. The molecule has 0 saturated heterocycles. The van der Waals surface area contributed by atoms with Crippen molar-refractivity contribution in [3.63, 3.8) is 0 Å². The monoisotopic (exact) mass is 293 g/mol. The maximum atomic E-state index is 11.1. The molecule has 0 aromatic carbocycles. The third kappa shape index (κ3) is 3.03. The van der Waals surface area contributed by atoms with E-state index in [1.807, 2.05) is 29.3 Å². The van der Waals surface area contributed by atoms with Crippen LogP contribution < -0.4 is 16.2 Å². The van der Waals surface area contributed by atoms with E-state index in [2.05, 4.69) is 10.4 Å². The molecule has 0 unspecified atom stereocenters. The number of nitro groups is 1. The fraction of sp³-hybridized carbons (Fsp3) is 0.250. The van der Waals surface area contributed by atoms with E-state index in [0.717, 1.165) is 4.88 Å². The van der Waals surface area contributed by atoms with Gasteiger partial charge in [-0.15, -0.1) is 11.3 Å². The van der Waals surface area contributed by atoms with E-state index >= 15 is 0 Å². The van der Waals surface area contributed by atoms with Gasteiger partial charge in [-0.3, -0.25) is 10.1 Å². The van der Waals surface area contributed by atoms with E-state index in [-0.39, 0.29) is 5.69 Å². The Labute approximate surface area is 120 Å². The van der Waals surface area contributed by atoms with Gasteiger partial charge in [0.2, 0.25) is 5.82 Å². The first-order valence-corrected chi connectivity index (χ1v) is 6.93. The van der Waals surface area contributed by atoms with Gasteiger partial charge in [-0.1, -0.05) is 6.07 Å². The van der Waals surface area contributed by atoms with Gasteiger partial charge in [-0.25, -0.2) is 10.8 Å². The molecule has 0 fully saturated rings. The number of thiophene rings is 1. The molecular formula is C12H15N5O2S. The van der Waals surface area contributed by atoms with Crippen molar-refractivity contribution in [1.29, 1.82) is 0 Å². The summed E-state index contributed by atoms with van der Waals surface area (Å²) in [6, 6.07) is 6.84. The van der Waals surface area contributed by atoms with Crippen LogP contribution in [-0.4, -0.2) is 16.5 Å². The first-order valence-electron chi connectivity index (χ1n) is 6.05. The maximum absolute atomic E-state index is 11.1. The van der Waals surface area contributed by atoms with Gasteiger partial charge < -0.3 is 10.3 Å². The average molecular weight is 293 g/mol. The van der Waals surface area contributed by atoms with Crippen molar-refractivity contribution in [2.24, 2.45) is 5.84 Å². The van der Waals surface area contributed by atoms with Crippen LogP contribution in [0.25, 0.3) is 0 Å². The van der Waals surface area contributed by atoms with Crippen molar-refractivity contribution < 1.29 is 4.92 Å². The van der Waals surface area contributed by atoms with Gasteiger partial charge in [-0.05, 0) is 24.4 Å². The lowest BCUT2D eigenvalue weighted by molar-refractivity contribution is -0.384. The van der Waals surface area contributed by atoms with Gasteiger partial charge in [-0.2, -0.15) is 0 Å². The van der Waals surface area contributed by atoms with Crippen LogP contribution in [0, 0.1) is 10.1 Å². The molecule has 3 N–H and O–H groups in total. The summed E-state index contributed by atoms with van der Waals surface area (Å²) in [5.41, 5.74) is 2.39. The molecule has 8 heteroatoms. The minimum atomic E-state index is -0.431. The highest BCUT2D eigenvalue weighted by atomic mass is 32.1. The van der Waals surface area contributed by atoms with Gasteiger partial charge >= 0.3 is 5.69 Å². The lowest BCUT2D eigenvalue weighted by atomic mass is 10.3. The average Bonchev–Trinajstić information content (AvgIpc) is 2.97. The van der Waals surface area contributed by atoms with E-state index in [1.54, 1.807) is 11.3 Å². The van der Waals surface area contributed by atoms with Gasteiger partial charge in [0.15, 0.2) is 0 Å². The van der Waals surface area contributed by atoms with Crippen LogP contribution in [0.2, 0.25) is 0 Å². The Balaban J connectivity index is 2.38. The highest BCUT2D eigenvalue weighted by Gasteiger charge is 2.21. The van der Waals surface area contributed by atoms with E-state index in [0.29, 0.717) is 24.7 Å². The van der Waals surface area contributed by atoms with Crippen molar-refractivity contribution in [3.05, 3.63) is 44.6 Å². The lowest BCUT2D eigenvalue weighted by Gasteiger charge is -2.21. The first-order chi connectivity index (χ1) is 9.65. The topological polar surface area (TPSA) is 97.3 Å². The summed E-state index contributed by atoms with van der Waals surface area (Å²) >= 11 is 1.61. The van der Waals surface area contributed by atoms with E-state index < -0.39 is 4.92 Å². The molecule has 0 aliphatic heterocycles. The van der Waals surface area contributed by atoms with Crippen LogP contribution in [0.3, 0.4) is 0 Å². The molecule has 106 valence electrons. The third-order valence-electron chi connectivity index (χ3n) is 2.81. The molecule has 0 saturated carbocycles. The standard InChI is InChI=1S/C12H15N5O2S/c1-2-16(8-9-4-3-7-20-9)12-10(17(18)19)5-6-11(14-12)15-13/h3-7H,2,8,13H2,1H3,(H,14,15). The number of nitrogens with zero attached hydrogens (tertiary/aromatic N) is 3. The number of nitrogens with two attached hydrogens (primary N) is 1. The molecule has 0 bridgehead atoms. The number of pyridine rings is 1. The Morgan fingerprint density at radius 1 is 1.50 bits per heavy atom. The zero-order valence-electron chi connectivity index (χ0n) is 10.9. The van der Waals surface area contributed by atoms with Crippen molar-refractivity contribution in [1.82, 2.24) is 4.98 Å². The molecule has 0 amide bonds. The molecule has 7 nitrogen and oxygen atoms in total. The summed E-state index contributed by atoms with van der Waals surface area (Å²) in [6.07, 6.45) is 0. The van der Waals surface area contributed by atoms with Crippen LogP contribution >= 0.6 is 11.3 Å². The normalized spacial score (nSPS) is 10.3. The van der Waals surface area contributed by atoms with E-state index in [4.69, 9.17) is 5.84 Å². The second kappa shape index (κ2) is 6.31. The van der Waals surface area contributed by atoms with Gasteiger partial charge in [0, 0.05) is 17.5 Å². The second-order valence-corrected chi connectivity index (χ2v) is 5.07. The largest absolute Gasteiger partial charge is 0.346 e. The Hall–Kier alpha value is -2.19. The van der Waals surface area contributed by atoms with Crippen molar-refractivity contribution in [2.45, 2.75) is 13.5 Å². The second-order valence-electron chi connectivity index (χ2n) is 4.03. The Morgan fingerprint density at radius 2 is 2.30 bits per heavy atom. The number of nitrogen functional groups attached to an aromatic ring is 1. The number of aromatic nitrogens is 1. The number of hydrazine groups is 1. The summed E-state index contributed by atoms with van der Waals surface area (Å²) in [5.74, 6) is 6.04. The van der Waals surface area contributed by atoms with E-state index in [1.165, 1.54) is 12.1 Å². The molecule has 20 heavy (non-hydrogen) atoms. The van der Waals surface area contributed by atoms with Gasteiger partial charge in [0.1, 0.15) is 5.82 Å². The van der Waals surface area contributed by atoms with E-state index in [9.17, 15) is 10.1 Å². The summed E-state index contributed by atoms with van der Waals surface area (Å²) in [5, 5.41) is 13.1. The Kier molecular flexibility index (Phi) is 4.49. The lowest BCUT2D eigenvalue weighted by Crippen LogP contribution is -2.24. The SMILES string of the molecule is CCN(Cc1cccs1)c1nc(NN)ccc1[N+](=O)[O-]. The summed E-state index contributed by atoms with van der Waals surface area (Å²) in [4.78, 5) is 17.9. The Bertz CT molecular complexity index is 588. The van der Waals surface area contributed by atoms with Gasteiger partial charge in [0.25, 0.3) is 0 Å². The molecule has 2 rings (SSSR count). The summed E-state index contributed by atoms with van der Waals surface area (Å²) in [6.45, 7) is 3.12. The summed E-state index contributed by atoms with van der Waals surface area (Å²) in [7, 11) is 0. The fourth-order valence-corrected chi connectivity index (χ4v) is 2.54. The number of hydrogen-bond acceptors (Lipinski definition) is 7. The zero-order chi connectivity index (χ0) is 14.5. The fourth-order valence-electron chi connectivity index (χ4n) is 1.82. The molecule has 0 radical (unpaired) electrons. The highest BCUT2D eigenvalue weighted by Crippen LogP contribution is 2.29. The number of nitrogens with one attached hydrogen (secondary N) is 1. The molecule has 0 atom stereocenters. The molecule has 0 aliphatic rings. The van der Waals surface area contributed by atoms with Crippen LogP contribution in [0.15, 0.2) is 29.6 Å². The quantitative estimate of drug-likeness (QED) is 0.482.